The minimum Gasteiger partial charge on any atom is -0.508 e. The van der Waals surface area contributed by atoms with Gasteiger partial charge in [0.15, 0.2) is 5.78 Å². The molecule has 1 aromatic carbocycles. The molecule has 0 saturated carbocycles. The molecule has 6 nitrogen and oxygen atoms in total. The third-order valence-corrected chi connectivity index (χ3v) is 4.90. The van der Waals surface area contributed by atoms with Crippen LogP contribution in [0.2, 0.25) is 0 Å². The summed E-state index contributed by atoms with van der Waals surface area (Å²) in [6.07, 6.45) is 4.02. The van der Waals surface area contributed by atoms with E-state index in [4.69, 9.17) is 9.47 Å². The van der Waals surface area contributed by atoms with Crippen molar-refractivity contribution >= 4 is 17.8 Å². The average Bonchev–Trinajstić information content (AvgIpc) is 3.02. The molecule has 2 heterocycles. The summed E-state index contributed by atoms with van der Waals surface area (Å²) in [5.74, 6) is -0.456. The van der Waals surface area contributed by atoms with Crippen molar-refractivity contribution in [1.82, 2.24) is 4.90 Å². The van der Waals surface area contributed by atoms with Crippen LogP contribution in [-0.2, 0) is 19.1 Å². The zero-order valence-corrected chi connectivity index (χ0v) is 14.1. The fourth-order valence-electron chi connectivity index (χ4n) is 3.22. The Morgan fingerprint density at radius 1 is 1.20 bits per heavy atom. The van der Waals surface area contributed by atoms with Crippen molar-refractivity contribution in [2.24, 2.45) is 5.41 Å². The maximum absolute atomic E-state index is 12.8. The highest BCUT2D eigenvalue weighted by molar-refractivity contribution is 6.11. The SMILES string of the molecule is O=C(/C=C/c1ccc(O)cc1)C1(CCN2CCOCC2)CCOC1=O. The van der Waals surface area contributed by atoms with E-state index in [1.807, 2.05) is 0 Å². The number of carbonyl (C=O) groups is 2. The minimum atomic E-state index is -1.08. The fraction of sp³-hybridized carbons (Fsp3) is 0.474. The lowest BCUT2D eigenvalue weighted by molar-refractivity contribution is -0.150. The molecule has 2 aliphatic rings. The van der Waals surface area contributed by atoms with Gasteiger partial charge < -0.3 is 14.6 Å². The predicted molar refractivity (Wildman–Crippen MR) is 92.0 cm³/mol. The molecule has 1 atom stereocenters. The van der Waals surface area contributed by atoms with Crippen LogP contribution in [0.15, 0.2) is 30.3 Å². The maximum Gasteiger partial charge on any atom is 0.320 e. The number of nitrogens with zero attached hydrogens (tertiary/aromatic N) is 1. The quantitative estimate of drug-likeness (QED) is 0.480. The van der Waals surface area contributed by atoms with Crippen LogP contribution in [0.3, 0.4) is 0 Å². The van der Waals surface area contributed by atoms with Crippen molar-refractivity contribution in [3.05, 3.63) is 35.9 Å². The van der Waals surface area contributed by atoms with Crippen molar-refractivity contribution in [3.63, 3.8) is 0 Å². The fourth-order valence-corrected chi connectivity index (χ4v) is 3.22. The van der Waals surface area contributed by atoms with E-state index in [9.17, 15) is 14.7 Å². The molecular formula is C19H23NO5. The number of hydrogen-bond acceptors (Lipinski definition) is 6. The Labute approximate surface area is 147 Å². The van der Waals surface area contributed by atoms with Gasteiger partial charge in [0.05, 0.1) is 19.8 Å². The summed E-state index contributed by atoms with van der Waals surface area (Å²) in [7, 11) is 0. The van der Waals surface area contributed by atoms with Crippen molar-refractivity contribution in [3.8, 4) is 5.75 Å². The second kappa shape index (κ2) is 7.80. The number of morpholine rings is 1. The number of aromatic hydroxyl groups is 1. The van der Waals surface area contributed by atoms with E-state index in [1.165, 1.54) is 6.08 Å². The van der Waals surface area contributed by atoms with Crippen LogP contribution >= 0.6 is 0 Å². The van der Waals surface area contributed by atoms with E-state index in [2.05, 4.69) is 4.90 Å². The lowest BCUT2D eigenvalue weighted by Crippen LogP contribution is -2.42. The van der Waals surface area contributed by atoms with E-state index >= 15 is 0 Å². The summed E-state index contributed by atoms with van der Waals surface area (Å²) in [5, 5.41) is 9.31. The summed E-state index contributed by atoms with van der Waals surface area (Å²) in [6, 6.07) is 6.54. The number of ether oxygens (including phenoxy) is 2. The van der Waals surface area contributed by atoms with Crippen LogP contribution in [0, 0.1) is 5.41 Å². The van der Waals surface area contributed by atoms with Crippen molar-refractivity contribution < 1.29 is 24.2 Å². The molecule has 25 heavy (non-hydrogen) atoms. The van der Waals surface area contributed by atoms with E-state index in [0.29, 0.717) is 39.2 Å². The zero-order valence-electron chi connectivity index (χ0n) is 14.1. The van der Waals surface area contributed by atoms with Crippen LogP contribution in [-0.4, -0.2) is 61.2 Å². The molecule has 1 unspecified atom stereocenters. The molecule has 0 aromatic heterocycles. The highest BCUT2D eigenvalue weighted by Crippen LogP contribution is 2.36. The molecule has 0 amide bonds. The Bertz CT molecular complexity index is 648. The molecule has 2 aliphatic heterocycles. The third-order valence-electron chi connectivity index (χ3n) is 4.90. The van der Waals surface area contributed by atoms with Crippen LogP contribution in [0.1, 0.15) is 18.4 Å². The lowest BCUT2D eigenvalue weighted by Gasteiger charge is -2.30. The molecule has 1 aromatic rings. The number of carbonyl (C=O) groups excluding carboxylic acids is 2. The van der Waals surface area contributed by atoms with Crippen molar-refractivity contribution in [1.29, 1.82) is 0 Å². The molecule has 2 fully saturated rings. The zero-order chi connectivity index (χ0) is 17.7. The average molecular weight is 345 g/mol. The minimum absolute atomic E-state index is 0.171. The normalized spacial score (nSPS) is 24.6. The number of esters is 1. The van der Waals surface area contributed by atoms with Gasteiger partial charge in [-0.3, -0.25) is 14.5 Å². The number of phenolic OH excluding ortho intramolecular Hbond substituents is 1. The number of hydrogen-bond donors (Lipinski definition) is 1. The predicted octanol–water partition coefficient (Wildman–Crippen LogP) is 1.63. The van der Waals surface area contributed by atoms with Crippen LogP contribution in [0.25, 0.3) is 6.08 Å². The molecule has 1 N–H and O–H groups in total. The highest BCUT2D eigenvalue weighted by atomic mass is 16.5. The molecule has 6 heteroatoms. The second-order valence-corrected chi connectivity index (χ2v) is 6.46. The number of ketones is 1. The largest absolute Gasteiger partial charge is 0.508 e. The van der Waals surface area contributed by atoms with Crippen molar-refractivity contribution in [2.45, 2.75) is 12.8 Å². The van der Waals surface area contributed by atoms with Gasteiger partial charge in [0.25, 0.3) is 0 Å². The molecule has 2 saturated heterocycles. The maximum atomic E-state index is 12.8. The van der Waals surface area contributed by atoms with Gasteiger partial charge in [-0.05, 0) is 36.7 Å². The summed E-state index contributed by atoms with van der Waals surface area (Å²) in [5.41, 5.74) is -0.285. The van der Waals surface area contributed by atoms with E-state index < -0.39 is 11.4 Å². The van der Waals surface area contributed by atoms with Gasteiger partial charge in [0, 0.05) is 19.5 Å². The van der Waals surface area contributed by atoms with Crippen LogP contribution in [0.5, 0.6) is 5.75 Å². The third kappa shape index (κ3) is 4.08. The first-order valence-corrected chi connectivity index (χ1v) is 8.59. The summed E-state index contributed by atoms with van der Waals surface area (Å²) < 4.78 is 10.5. The first-order chi connectivity index (χ1) is 12.1. The Kier molecular flexibility index (Phi) is 5.50. The Morgan fingerprint density at radius 3 is 2.56 bits per heavy atom. The smallest absolute Gasteiger partial charge is 0.320 e. The van der Waals surface area contributed by atoms with Gasteiger partial charge in [-0.25, -0.2) is 0 Å². The summed E-state index contributed by atoms with van der Waals surface area (Å²) >= 11 is 0. The van der Waals surface area contributed by atoms with E-state index in [0.717, 1.165) is 18.7 Å². The van der Waals surface area contributed by atoms with Gasteiger partial charge in [0.2, 0.25) is 0 Å². The Morgan fingerprint density at radius 2 is 1.92 bits per heavy atom. The molecule has 3 rings (SSSR count). The highest BCUT2D eigenvalue weighted by Gasteiger charge is 2.49. The van der Waals surface area contributed by atoms with Gasteiger partial charge in [-0.15, -0.1) is 0 Å². The lowest BCUT2D eigenvalue weighted by atomic mass is 9.78. The number of rotatable bonds is 6. The van der Waals surface area contributed by atoms with Gasteiger partial charge >= 0.3 is 5.97 Å². The monoisotopic (exact) mass is 345 g/mol. The van der Waals surface area contributed by atoms with Gasteiger partial charge in [-0.1, -0.05) is 18.2 Å². The Hall–Kier alpha value is -2.18. The topological polar surface area (TPSA) is 76.1 Å². The molecule has 0 spiro atoms. The number of phenols is 1. The Balaban J connectivity index is 1.69. The number of benzene rings is 1. The number of allylic oxidation sites excluding steroid dienone is 1. The molecule has 0 aliphatic carbocycles. The number of cyclic esters (lactones) is 1. The summed E-state index contributed by atoms with van der Waals surface area (Å²) in [6.45, 7) is 3.99. The molecule has 0 bridgehead atoms. The first-order valence-electron chi connectivity index (χ1n) is 8.59. The van der Waals surface area contributed by atoms with Gasteiger partial charge in [-0.2, -0.15) is 0 Å². The van der Waals surface area contributed by atoms with Gasteiger partial charge in [0.1, 0.15) is 11.2 Å². The van der Waals surface area contributed by atoms with E-state index in [-0.39, 0.29) is 11.5 Å². The molecule has 0 radical (unpaired) electrons. The van der Waals surface area contributed by atoms with E-state index in [1.54, 1.807) is 30.3 Å². The molecule has 134 valence electrons. The van der Waals surface area contributed by atoms with Crippen LogP contribution < -0.4 is 0 Å². The standard InChI is InChI=1S/C19H23NO5/c21-16-4-1-15(2-5-16)3-6-17(22)19(8-12-25-18(19)23)7-9-20-10-13-24-14-11-20/h1-6,21H,7-14H2/b6-3+. The first kappa shape index (κ1) is 17.6. The summed E-state index contributed by atoms with van der Waals surface area (Å²) in [4.78, 5) is 27.3. The second-order valence-electron chi connectivity index (χ2n) is 6.46. The van der Waals surface area contributed by atoms with Crippen LogP contribution in [0.4, 0.5) is 0 Å². The van der Waals surface area contributed by atoms with Crippen molar-refractivity contribution in [2.75, 3.05) is 39.5 Å². The molecular weight excluding hydrogens is 322 g/mol.